The minimum absolute atomic E-state index is 0.112. The molecule has 0 aromatic carbocycles. The molecule has 0 saturated heterocycles. The highest BCUT2D eigenvalue weighted by atomic mass is 19.3. The lowest BCUT2D eigenvalue weighted by Gasteiger charge is -1.95. The van der Waals surface area contributed by atoms with Crippen LogP contribution in [-0.2, 0) is 0 Å². The standard InChI is InChI=1S/C8H8F2N2O2/c9-7(10)6-5(8(13)14)3-12(11-6)4-1-2-4/h3-4,7H,1-2H2,(H,13,14). The van der Waals surface area contributed by atoms with E-state index in [-0.39, 0.29) is 6.04 Å². The number of hydrogen-bond acceptors (Lipinski definition) is 2. The van der Waals surface area contributed by atoms with Crippen molar-refractivity contribution in [2.75, 3.05) is 0 Å². The fourth-order valence-corrected chi connectivity index (χ4v) is 1.26. The predicted molar refractivity (Wildman–Crippen MR) is 42.4 cm³/mol. The van der Waals surface area contributed by atoms with Crippen LogP contribution in [0.1, 0.15) is 41.4 Å². The van der Waals surface area contributed by atoms with Gasteiger partial charge in [-0.25, -0.2) is 13.6 Å². The maximum atomic E-state index is 12.3. The molecule has 14 heavy (non-hydrogen) atoms. The zero-order valence-electron chi connectivity index (χ0n) is 7.15. The zero-order chi connectivity index (χ0) is 10.3. The molecule has 0 amide bonds. The molecule has 0 aliphatic heterocycles. The molecule has 1 aromatic heterocycles. The summed E-state index contributed by atoms with van der Waals surface area (Å²) in [6, 6.07) is 0.112. The van der Waals surface area contributed by atoms with Gasteiger partial charge in [0, 0.05) is 6.20 Å². The third kappa shape index (κ3) is 1.47. The Morgan fingerprint density at radius 3 is 2.64 bits per heavy atom. The van der Waals surface area contributed by atoms with E-state index in [0.717, 1.165) is 12.8 Å². The highest BCUT2D eigenvalue weighted by Crippen LogP contribution is 2.35. The van der Waals surface area contributed by atoms with E-state index < -0.39 is 23.7 Å². The second kappa shape index (κ2) is 3.04. The smallest absolute Gasteiger partial charge is 0.339 e. The molecule has 2 rings (SSSR count). The van der Waals surface area contributed by atoms with Crippen molar-refractivity contribution < 1.29 is 18.7 Å². The van der Waals surface area contributed by atoms with E-state index in [1.807, 2.05) is 0 Å². The molecular weight excluding hydrogens is 194 g/mol. The largest absolute Gasteiger partial charge is 0.478 e. The van der Waals surface area contributed by atoms with E-state index in [1.54, 1.807) is 0 Å². The number of alkyl halides is 2. The maximum Gasteiger partial charge on any atom is 0.339 e. The Bertz CT molecular complexity index is 371. The summed E-state index contributed by atoms with van der Waals surface area (Å²) in [7, 11) is 0. The van der Waals surface area contributed by atoms with Gasteiger partial charge >= 0.3 is 5.97 Å². The number of rotatable bonds is 3. The van der Waals surface area contributed by atoms with E-state index in [9.17, 15) is 13.6 Å². The SMILES string of the molecule is O=C(O)c1cn(C2CC2)nc1C(F)F. The Balaban J connectivity index is 2.39. The van der Waals surface area contributed by atoms with Crippen molar-refractivity contribution >= 4 is 5.97 Å². The minimum Gasteiger partial charge on any atom is -0.478 e. The summed E-state index contributed by atoms with van der Waals surface area (Å²) in [4.78, 5) is 10.6. The quantitative estimate of drug-likeness (QED) is 0.813. The highest BCUT2D eigenvalue weighted by molar-refractivity contribution is 5.88. The fourth-order valence-electron chi connectivity index (χ4n) is 1.26. The second-order valence-electron chi connectivity index (χ2n) is 3.25. The van der Waals surface area contributed by atoms with Gasteiger partial charge in [-0.2, -0.15) is 5.10 Å². The van der Waals surface area contributed by atoms with Gasteiger partial charge in [0.05, 0.1) is 6.04 Å². The van der Waals surface area contributed by atoms with Crippen LogP contribution in [0.25, 0.3) is 0 Å². The average Bonchev–Trinajstić information content (AvgIpc) is 2.83. The van der Waals surface area contributed by atoms with Crippen molar-refractivity contribution in [3.05, 3.63) is 17.5 Å². The van der Waals surface area contributed by atoms with E-state index in [1.165, 1.54) is 10.9 Å². The molecule has 1 aliphatic rings. The van der Waals surface area contributed by atoms with Crippen LogP contribution in [0.15, 0.2) is 6.20 Å². The molecule has 0 radical (unpaired) electrons. The molecule has 0 bridgehead atoms. The summed E-state index contributed by atoms with van der Waals surface area (Å²) in [5.41, 5.74) is -1.03. The molecule has 4 nitrogen and oxygen atoms in total. The first-order chi connectivity index (χ1) is 6.59. The second-order valence-corrected chi connectivity index (χ2v) is 3.25. The number of aromatic carboxylic acids is 1. The normalized spacial score (nSPS) is 16.2. The fraction of sp³-hybridized carbons (Fsp3) is 0.500. The third-order valence-electron chi connectivity index (χ3n) is 2.12. The van der Waals surface area contributed by atoms with Gasteiger partial charge in [-0.05, 0) is 12.8 Å². The molecule has 1 fully saturated rings. The van der Waals surface area contributed by atoms with Crippen LogP contribution in [0.4, 0.5) is 8.78 Å². The summed E-state index contributed by atoms with van der Waals surface area (Å²) >= 11 is 0. The first kappa shape index (κ1) is 9.11. The third-order valence-corrected chi connectivity index (χ3v) is 2.12. The van der Waals surface area contributed by atoms with Gasteiger partial charge in [0.15, 0.2) is 0 Å². The molecule has 6 heteroatoms. The Kier molecular flexibility index (Phi) is 1.98. The van der Waals surface area contributed by atoms with Gasteiger partial charge in [-0.15, -0.1) is 0 Å². The number of hydrogen-bond donors (Lipinski definition) is 1. The molecular formula is C8H8F2N2O2. The number of aromatic nitrogens is 2. The summed E-state index contributed by atoms with van der Waals surface area (Å²) in [5.74, 6) is -1.35. The van der Waals surface area contributed by atoms with Crippen molar-refractivity contribution in [2.45, 2.75) is 25.3 Å². The molecule has 0 spiro atoms. The Morgan fingerprint density at radius 1 is 1.64 bits per heavy atom. The first-order valence-corrected chi connectivity index (χ1v) is 4.20. The van der Waals surface area contributed by atoms with Crippen LogP contribution in [-0.4, -0.2) is 20.9 Å². The van der Waals surface area contributed by atoms with Crippen molar-refractivity contribution in [1.29, 1.82) is 0 Å². The van der Waals surface area contributed by atoms with Crippen LogP contribution < -0.4 is 0 Å². The molecule has 1 heterocycles. The van der Waals surface area contributed by atoms with E-state index in [4.69, 9.17) is 5.11 Å². The summed E-state index contributed by atoms with van der Waals surface area (Å²) < 4.78 is 26.0. The lowest BCUT2D eigenvalue weighted by Crippen LogP contribution is -1.99. The average molecular weight is 202 g/mol. The molecule has 0 atom stereocenters. The van der Waals surface area contributed by atoms with Crippen molar-refractivity contribution in [2.24, 2.45) is 0 Å². The van der Waals surface area contributed by atoms with Gasteiger partial charge in [0.2, 0.25) is 0 Å². The van der Waals surface area contributed by atoms with Crippen LogP contribution in [0.3, 0.4) is 0 Å². The van der Waals surface area contributed by atoms with Crippen molar-refractivity contribution in [3.8, 4) is 0 Å². The predicted octanol–water partition coefficient (Wildman–Crippen LogP) is 1.85. The van der Waals surface area contributed by atoms with Crippen LogP contribution >= 0.6 is 0 Å². The summed E-state index contributed by atoms with van der Waals surface area (Å²) in [6.07, 6.45) is 0.107. The molecule has 1 aromatic rings. The number of carboxylic acid groups (broad SMARTS) is 1. The van der Waals surface area contributed by atoms with Gasteiger partial charge in [-0.1, -0.05) is 0 Å². The molecule has 76 valence electrons. The van der Waals surface area contributed by atoms with Gasteiger partial charge in [-0.3, -0.25) is 4.68 Å². The molecule has 1 saturated carbocycles. The maximum absolute atomic E-state index is 12.3. The summed E-state index contributed by atoms with van der Waals surface area (Å²) in [5, 5.41) is 12.2. The van der Waals surface area contributed by atoms with E-state index >= 15 is 0 Å². The van der Waals surface area contributed by atoms with Crippen LogP contribution in [0.2, 0.25) is 0 Å². The van der Waals surface area contributed by atoms with Crippen molar-refractivity contribution in [1.82, 2.24) is 9.78 Å². The number of carbonyl (C=O) groups is 1. The summed E-state index contributed by atoms with van der Waals surface area (Å²) in [6.45, 7) is 0. The number of halogens is 2. The topological polar surface area (TPSA) is 55.1 Å². The lowest BCUT2D eigenvalue weighted by atomic mass is 10.2. The van der Waals surface area contributed by atoms with Gasteiger partial charge in [0.1, 0.15) is 11.3 Å². The lowest BCUT2D eigenvalue weighted by molar-refractivity contribution is 0.0684. The van der Waals surface area contributed by atoms with Crippen molar-refractivity contribution in [3.63, 3.8) is 0 Å². The highest BCUT2D eigenvalue weighted by Gasteiger charge is 2.29. The van der Waals surface area contributed by atoms with Gasteiger partial charge < -0.3 is 5.11 Å². The Labute approximate surface area is 78.1 Å². The number of nitrogens with zero attached hydrogens (tertiary/aromatic N) is 2. The minimum atomic E-state index is -2.83. The van der Waals surface area contributed by atoms with E-state index in [0.29, 0.717) is 0 Å². The molecule has 0 unspecified atom stereocenters. The Hall–Kier alpha value is -1.46. The van der Waals surface area contributed by atoms with Crippen LogP contribution in [0.5, 0.6) is 0 Å². The zero-order valence-corrected chi connectivity index (χ0v) is 7.15. The molecule has 1 N–H and O–H groups in total. The first-order valence-electron chi connectivity index (χ1n) is 4.20. The van der Waals surface area contributed by atoms with E-state index in [2.05, 4.69) is 5.10 Å². The van der Waals surface area contributed by atoms with Gasteiger partial charge in [0.25, 0.3) is 6.43 Å². The Morgan fingerprint density at radius 2 is 2.29 bits per heavy atom. The monoisotopic (exact) mass is 202 g/mol. The van der Waals surface area contributed by atoms with Crippen LogP contribution in [0, 0.1) is 0 Å². The number of carboxylic acids is 1. The molecule has 1 aliphatic carbocycles.